The van der Waals surface area contributed by atoms with Gasteiger partial charge < -0.3 is 5.73 Å². The van der Waals surface area contributed by atoms with Crippen LogP contribution in [0.1, 0.15) is 32.6 Å². The zero-order valence-corrected chi connectivity index (χ0v) is 19.7. The summed E-state index contributed by atoms with van der Waals surface area (Å²) in [6.07, 6.45) is 1.65. The van der Waals surface area contributed by atoms with E-state index in [9.17, 15) is 10.1 Å². The topological polar surface area (TPSA) is 79.8 Å². The van der Waals surface area contributed by atoms with Gasteiger partial charge >= 0.3 is 0 Å². The molecule has 1 aromatic heterocycles. The summed E-state index contributed by atoms with van der Waals surface area (Å²) in [4.78, 5) is 16.4. The summed E-state index contributed by atoms with van der Waals surface area (Å²) < 4.78 is 0. The number of nitriles is 1. The number of fused-ring (bicyclic) bond motifs is 1. The van der Waals surface area contributed by atoms with Gasteiger partial charge in [0, 0.05) is 34.0 Å². The number of rotatable bonds is 3. The normalized spacial score (nSPS) is 10.2. The van der Waals surface area contributed by atoms with Crippen molar-refractivity contribution in [2.45, 2.75) is 13.8 Å². The molecule has 4 aromatic carbocycles. The van der Waals surface area contributed by atoms with Crippen molar-refractivity contribution in [2.24, 2.45) is 0 Å². The van der Waals surface area contributed by atoms with Crippen LogP contribution in [0, 0.1) is 25.2 Å². The maximum absolute atomic E-state index is 12.1. The monoisotopic (exact) mass is 455 g/mol. The zero-order chi connectivity index (χ0) is 24.8. The van der Waals surface area contributed by atoms with E-state index in [4.69, 9.17) is 5.73 Å². The highest BCUT2D eigenvalue weighted by Crippen LogP contribution is 2.30. The Morgan fingerprint density at radius 3 is 2.06 bits per heavy atom. The van der Waals surface area contributed by atoms with Crippen LogP contribution in [-0.4, -0.2) is 10.8 Å². The van der Waals surface area contributed by atoms with Crippen LogP contribution in [0.25, 0.3) is 22.0 Å². The van der Waals surface area contributed by atoms with E-state index in [1.54, 1.807) is 18.3 Å². The second-order valence-electron chi connectivity index (χ2n) is 8.32. The molecule has 0 fully saturated rings. The molecule has 5 aromatic rings. The standard InChI is InChI=1S/C17H12N2.C14H13NO/c1-12-6-8-13(9-7-12)17-14(10-18)11-19-16-5-3-2-4-15(16)17;1-10-6-8-11(9-7-10)14(16)12-4-2-3-5-13(12)15/h2-9,11H,1H3;2-9H,15H2,1H3. The molecular formula is C31H25N3O. The van der Waals surface area contributed by atoms with Crippen LogP contribution in [0.3, 0.4) is 0 Å². The third-order valence-electron chi connectivity index (χ3n) is 5.76. The van der Waals surface area contributed by atoms with Gasteiger partial charge in [0.1, 0.15) is 6.07 Å². The number of aryl methyl sites for hydroxylation is 2. The number of carbonyl (C=O) groups is 1. The Bertz CT molecular complexity index is 1530. The molecule has 2 N–H and O–H groups in total. The summed E-state index contributed by atoms with van der Waals surface area (Å²) in [7, 11) is 0. The number of carbonyl (C=O) groups excluding carboxylic acids is 1. The lowest BCUT2D eigenvalue weighted by Gasteiger charge is -2.08. The first-order valence-electron chi connectivity index (χ1n) is 11.3. The van der Waals surface area contributed by atoms with E-state index in [1.165, 1.54) is 5.56 Å². The van der Waals surface area contributed by atoms with E-state index in [0.29, 0.717) is 22.4 Å². The molecule has 0 unspecified atom stereocenters. The lowest BCUT2D eigenvalue weighted by Crippen LogP contribution is -2.04. The summed E-state index contributed by atoms with van der Waals surface area (Å²) in [5, 5.41) is 10.3. The van der Waals surface area contributed by atoms with E-state index in [2.05, 4.69) is 42.2 Å². The minimum atomic E-state index is -0.0295. The highest BCUT2D eigenvalue weighted by atomic mass is 16.1. The number of ketones is 1. The van der Waals surface area contributed by atoms with Crippen molar-refractivity contribution in [3.05, 3.63) is 131 Å². The van der Waals surface area contributed by atoms with Gasteiger partial charge in [-0.1, -0.05) is 90.0 Å². The summed E-state index contributed by atoms with van der Waals surface area (Å²) in [5.74, 6) is -0.0295. The van der Waals surface area contributed by atoms with Crippen molar-refractivity contribution in [1.29, 1.82) is 5.26 Å². The van der Waals surface area contributed by atoms with Crippen LogP contribution in [0.4, 0.5) is 5.69 Å². The van der Waals surface area contributed by atoms with Crippen molar-refractivity contribution in [3.8, 4) is 17.2 Å². The minimum absolute atomic E-state index is 0.0295. The van der Waals surface area contributed by atoms with Crippen molar-refractivity contribution < 1.29 is 4.79 Å². The molecule has 0 bridgehead atoms. The number of para-hydroxylation sites is 2. The molecule has 0 aliphatic carbocycles. The van der Waals surface area contributed by atoms with Crippen molar-refractivity contribution in [1.82, 2.24) is 4.98 Å². The molecule has 0 atom stereocenters. The number of nitrogens with zero attached hydrogens (tertiary/aromatic N) is 2. The Morgan fingerprint density at radius 1 is 0.800 bits per heavy atom. The Morgan fingerprint density at radius 2 is 1.40 bits per heavy atom. The zero-order valence-electron chi connectivity index (χ0n) is 19.7. The molecule has 0 aliphatic heterocycles. The number of benzene rings is 4. The van der Waals surface area contributed by atoms with E-state index in [1.807, 2.05) is 67.6 Å². The van der Waals surface area contributed by atoms with Crippen molar-refractivity contribution in [2.75, 3.05) is 5.73 Å². The molecule has 5 rings (SSSR count). The third-order valence-corrected chi connectivity index (χ3v) is 5.76. The number of anilines is 1. The Hall–Kier alpha value is -4.75. The smallest absolute Gasteiger partial charge is 0.195 e. The van der Waals surface area contributed by atoms with Crippen LogP contribution in [0.2, 0.25) is 0 Å². The summed E-state index contributed by atoms with van der Waals surface area (Å²) >= 11 is 0. The average molecular weight is 456 g/mol. The molecule has 0 aliphatic rings. The first-order chi connectivity index (χ1) is 17.0. The van der Waals surface area contributed by atoms with Gasteiger partial charge in [-0.25, -0.2) is 0 Å². The van der Waals surface area contributed by atoms with E-state index in [0.717, 1.165) is 27.6 Å². The number of hydrogen-bond donors (Lipinski definition) is 1. The van der Waals surface area contributed by atoms with Gasteiger partial charge in [-0.2, -0.15) is 5.26 Å². The maximum atomic E-state index is 12.1. The predicted molar refractivity (Wildman–Crippen MR) is 142 cm³/mol. The Labute approximate surface area is 205 Å². The predicted octanol–water partition coefficient (Wildman–Crippen LogP) is 6.89. The summed E-state index contributed by atoms with van der Waals surface area (Å²) in [6.45, 7) is 4.05. The second-order valence-corrected chi connectivity index (χ2v) is 8.32. The van der Waals surface area contributed by atoms with Gasteiger partial charge in [0.05, 0.1) is 11.1 Å². The molecule has 0 spiro atoms. The maximum Gasteiger partial charge on any atom is 0.195 e. The largest absolute Gasteiger partial charge is 0.398 e. The minimum Gasteiger partial charge on any atom is -0.398 e. The average Bonchev–Trinajstić information content (AvgIpc) is 2.89. The van der Waals surface area contributed by atoms with Crippen molar-refractivity contribution >= 4 is 22.4 Å². The lowest BCUT2D eigenvalue weighted by atomic mass is 9.96. The number of hydrogen-bond acceptors (Lipinski definition) is 4. The highest BCUT2D eigenvalue weighted by molar-refractivity contribution is 6.12. The summed E-state index contributed by atoms with van der Waals surface area (Å²) in [5.41, 5.74) is 13.4. The Balaban J connectivity index is 0.000000168. The SMILES string of the molecule is Cc1ccc(-c2c(C#N)cnc3ccccc23)cc1.Cc1ccc(C(=O)c2ccccc2N)cc1. The molecule has 1 heterocycles. The second kappa shape index (κ2) is 10.5. The first-order valence-corrected chi connectivity index (χ1v) is 11.3. The number of aromatic nitrogens is 1. The third kappa shape index (κ3) is 5.26. The van der Waals surface area contributed by atoms with E-state index < -0.39 is 0 Å². The van der Waals surface area contributed by atoms with Gasteiger partial charge in [-0.3, -0.25) is 9.78 Å². The fourth-order valence-corrected chi connectivity index (χ4v) is 3.82. The molecule has 0 saturated heterocycles. The van der Waals surface area contributed by atoms with Crippen LogP contribution in [-0.2, 0) is 0 Å². The Kier molecular flexibility index (Phi) is 6.99. The quantitative estimate of drug-likeness (QED) is 0.237. The fraction of sp³-hybridized carbons (Fsp3) is 0.0645. The van der Waals surface area contributed by atoms with Gasteiger partial charge in [-0.15, -0.1) is 0 Å². The van der Waals surface area contributed by atoms with E-state index in [-0.39, 0.29) is 5.78 Å². The summed E-state index contributed by atoms with van der Waals surface area (Å²) in [6, 6.07) is 33.0. The van der Waals surface area contributed by atoms with Gasteiger partial charge in [0.2, 0.25) is 0 Å². The van der Waals surface area contributed by atoms with E-state index >= 15 is 0 Å². The lowest BCUT2D eigenvalue weighted by molar-refractivity contribution is 0.103. The molecular weight excluding hydrogens is 430 g/mol. The molecule has 4 nitrogen and oxygen atoms in total. The molecule has 35 heavy (non-hydrogen) atoms. The molecule has 0 radical (unpaired) electrons. The molecule has 0 saturated carbocycles. The van der Waals surface area contributed by atoms with Crippen molar-refractivity contribution in [3.63, 3.8) is 0 Å². The van der Waals surface area contributed by atoms with Gasteiger partial charge in [-0.05, 0) is 37.6 Å². The molecule has 4 heteroatoms. The molecule has 170 valence electrons. The van der Waals surface area contributed by atoms with Crippen LogP contribution < -0.4 is 5.73 Å². The fourth-order valence-electron chi connectivity index (χ4n) is 3.82. The highest BCUT2D eigenvalue weighted by Gasteiger charge is 2.11. The number of nitrogen functional groups attached to an aromatic ring is 1. The van der Waals surface area contributed by atoms with Gasteiger partial charge in [0.25, 0.3) is 0 Å². The van der Waals surface area contributed by atoms with Crippen LogP contribution in [0.15, 0.2) is 103 Å². The first kappa shape index (κ1) is 23.4. The number of nitrogens with two attached hydrogens (primary N) is 1. The number of pyridine rings is 1. The molecule has 0 amide bonds. The van der Waals surface area contributed by atoms with Gasteiger partial charge in [0.15, 0.2) is 5.78 Å². The van der Waals surface area contributed by atoms with Crippen LogP contribution >= 0.6 is 0 Å². The van der Waals surface area contributed by atoms with Crippen LogP contribution in [0.5, 0.6) is 0 Å².